The average Bonchev–Trinajstić information content (AvgIpc) is 2.35. The summed E-state index contributed by atoms with van der Waals surface area (Å²) >= 11 is 0. The van der Waals surface area contributed by atoms with Crippen molar-refractivity contribution in [1.29, 1.82) is 0 Å². The molecule has 2 nitrogen and oxygen atoms in total. The van der Waals surface area contributed by atoms with Crippen molar-refractivity contribution in [3.8, 4) is 0 Å². The maximum Gasteiger partial charge on any atom is 0.0346 e. The number of nitrogens with one attached hydrogen (secondary N) is 1. The van der Waals surface area contributed by atoms with E-state index in [0.717, 1.165) is 19.5 Å². The van der Waals surface area contributed by atoms with Crippen LogP contribution in [-0.2, 0) is 6.42 Å². The number of hydrogen-bond acceptors (Lipinski definition) is 2. The van der Waals surface area contributed by atoms with E-state index in [0.29, 0.717) is 0 Å². The Balaban J connectivity index is 2.11. The number of benzene rings is 1. The summed E-state index contributed by atoms with van der Waals surface area (Å²) in [7, 11) is 0. The summed E-state index contributed by atoms with van der Waals surface area (Å²) in [4.78, 5) is 4.15. The molecule has 2 aromatic rings. The van der Waals surface area contributed by atoms with Crippen LogP contribution in [0.1, 0.15) is 18.9 Å². The third-order valence-electron chi connectivity index (χ3n) is 2.82. The molecule has 0 spiro atoms. The molecule has 2 rings (SSSR count). The predicted molar refractivity (Wildman–Crippen MR) is 68.6 cm³/mol. The molecule has 0 aliphatic heterocycles. The van der Waals surface area contributed by atoms with Crippen LogP contribution >= 0.6 is 0 Å². The maximum atomic E-state index is 4.15. The topological polar surface area (TPSA) is 24.9 Å². The minimum absolute atomic E-state index is 1.06. The summed E-state index contributed by atoms with van der Waals surface area (Å²) < 4.78 is 0. The lowest BCUT2D eigenvalue weighted by molar-refractivity contribution is 0.674. The van der Waals surface area contributed by atoms with Gasteiger partial charge in [-0.3, -0.25) is 4.98 Å². The zero-order chi connectivity index (χ0) is 11.2. The number of rotatable bonds is 5. The highest BCUT2D eigenvalue weighted by molar-refractivity contribution is 5.84. The van der Waals surface area contributed by atoms with Crippen LogP contribution in [0, 0.1) is 0 Å². The van der Waals surface area contributed by atoms with Gasteiger partial charge in [0.15, 0.2) is 0 Å². The van der Waals surface area contributed by atoms with Crippen molar-refractivity contribution in [2.75, 3.05) is 13.1 Å². The molecule has 0 aliphatic rings. The molecule has 0 radical (unpaired) electrons. The molecular formula is C14H18N2. The van der Waals surface area contributed by atoms with Gasteiger partial charge in [0.1, 0.15) is 0 Å². The molecule has 0 amide bonds. The van der Waals surface area contributed by atoms with E-state index in [1.54, 1.807) is 0 Å². The predicted octanol–water partition coefficient (Wildman–Crippen LogP) is 2.78. The van der Waals surface area contributed by atoms with Gasteiger partial charge < -0.3 is 5.32 Å². The van der Waals surface area contributed by atoms with E-state index in [1.165, 1.54) is 22.8 Å². The quantitative estimate of drug-likeness (QED) is 0.774. The molecule has 0 bridgehead atoms. The standard InChI is InChI=1S/C14H18N2/c1-2-15-9-4-7-12-5-3-6-13-11-16-10-8-14(12)13/h3,5-6,8,10-11,15H,2,4,7,9H2,1H3. The fourth-order valence-electron chi connectivity index (χ4n) is 1.99. The van der Waals surface area contributed by atoms with Crippen molar-refractivity contribution in [3.63, 3.8) is 0 Å². The highest BCUT2D eigenvalue weighted by Crippen LogP contribution is 2.18. The van der Waals surface area contributed by atoms with Gasteiger partial charge in [-0.2, -0.15) is 0 Å². The van der Waals surface area contributed by atoms with E-state index in [-0.39, 0.29) is 0 Å². The first-order chi connectivity index (χ1) is 7.92. The zero-order valence-corrected chi connectivity index (χ0v) is 9.74. The number of aromatic nitrogens is 1. The highest BCUT2D eigenvalue weighted by atomic mass is 14.8. The molecule has 16 heavy (non-hydrogen) atoms. The van der Waals surface area contributed by atoms with Gasteiger partial charge in [0.2, 0.25) is 0 Å². The first kappa shape index (κ1) is 11.1. The number of nitrogens with zero attached hydrogens (tertiary/aromatic N) is 1. The van der Waals surface area contributed by atoms with Crippen LogP contribution in [0.2, 0.25) is 0 Å². The second-order valence-corrected chi connectivity index (χ2v) is 3.97. The Bertz CT molecular complexity index is 446. The summed E-state index contributed by atoms with van der Waals surface area (Å²) in [6, 6.07) is 8.56. The van der Waals surface area contributed by atoms with Crippen molar-refractivity contribution in [3.05, 3.63) is 42.2 Å². The monoisotopic (exact) mass is 214 g/mol. The van der Waals surface area contributed by atoms with Crippen molar-refractivity contribution < 1.29 is 0 Å². The molecule has 0 atom stereocenters. The Kier molecular flexibility index (Phi) is 3.89. The minimum Gasteiger partial charge on any atom is -0.317 e. The highest BCUT2D eigenvalue weighted by Gasteiger charge is 1.99. The van der Waals surface area contributed by atoms with Crippen molar-refractivity contribution in [2.24, 2.45) is 0 Å². The van der Waals surface area contributed by atoms with E-state index < -0.39 is 0 Å². The number of aryl methyl sites for hydroxylation is 1. The van der Waals surface area contributed by atoms with Gasteiger partial charge in [0, 0.05) is 17.8 Å². The Morgan fingerprint density at radius 2 is 2.19 bits per heavy atom. The molecule has 0 fully saturated rings. The maximum absolute atomic E-state index is 4.15. The summed E-state index contributed by atoms with van der Waals surface area (Å²) in [5.41, 5.74) is 1.43. The zero-order valence-electron chi connectivity index (χ0n) is 9.74. The molecule has 1 aromatic carbocycles. The fourth-order valence-corrected chi connectivity index (χ4v) is 1.99. The lowest BCUT2D eigenvalue weighted by Gasteiger charge is -2.06. The van der Waals surface area contributed by atoms with E-state index in [9.17, 15) is 0 Å². The molecule has 0 aliphatic carbocycles. The summed E-state index contributed by atoms with van der Waals surface area (Å²) in [6.45, 7) is 4.29. The second-order valence-electron chi connectivity index (χ2n) is 3.97. The second kappa shape index (κ2) is 5.61. The van der Waals surface area contributed by atoms with Gasteiger partial charge in [0.05, 0.1) is 0 Å². The van der Waals surface area contributed by atoms with Crippen molar-refractivity contribution >= 4 is 10.8 Å². The first-order valence-electron chi connectivity index (χ1n) is 5.94. The van der Waals surface area contributed by atoms with E-state index in [4.69, 9.17) is 0 Å². The molecule has 2 heteroatoms. The number of pyridine rings is 1. The number of hydrogen-bond donors (Lipinski definition) is 1. The summed E-state index contributed by atoms with van der Waals surface area (Å²) in [5, 5.41) is 5.94. The molecule has 84 valence electrons. The van der Waals surface area contributed by atoms with Crippen molar-refractivity contribution in [2.45, 2.75) is 19.8 Å². The van der Waals surface area contributed by atoms with E-state index >= 15 is 0 Å². The Morgan fingerprint density at radius 1 is 1.25 bits per heavy atom. The lowest BCUT2D eigenvalue weighted by atomic mass is 10.0. The fraction of sp³-hybridized carbons (Fsp3) is 0.357. The van der Waals surface area contributed by atoms with Crippen molar-refractivity contribution in [1.82, 2.24) is 10.3 Å². The smallest absolute Gasteiger partial charge is 0.0346 e. The van der Waals surface area contributed by atoms with E-state index in [2.05, 4.69) is 41.5 Å². The Labute approximate surface area is 96.7 Å². The molecule has 0 unspecified atom stereocenters. The van der Waals surface area contributed by atoms with Crippen LogP contribution in [0.5, 0.6) is 0 Å². The van der Waals surface area contributed by atoms with Crippen LogP contribution in [0.3, 0.4) is 0 Å². The molecule has 1 aromatic heterocycles. The third-order valence-corrected chi connectivity index (χ3v) is 2.82. The molecular weight excluding hydrogens is 196 g/mol. The normalized spacial score (nSPS) is 10.8. The average molecular weight is 214 g/mol. The van der Waals surface area contributed by atoms with Crippen LogP contribution in [0.15, 0.2) is 36.7 Å². The van der Waals surface area contributed by atoms with Crippen LogP contribution in [0.25, 0.3) is 10.8 Å². The van der Waals surface area contributed by atoms with E-state index in [1.807, 2.05) is 12.4 Å². The summed E-state index contributed by atoms with van der Waals surface area (Å²) in [6.07, 6.45) is 6.13. The van der Waals surface area contributed by atoms with Crippen LogP contribution in [0.4, 0.5) is 0 Å². The number of fused-ring (bicyclic) bond motifs is 1. The van der Waals surface area contributed by atoms with Gasteiger partial charge in [-0.25, -0.2) is 0 Å². The van der Waals surface area contributed by atoms with Gasteiger partial charge in [-0.05, 0) is 42.9 Å². The molecule has 1 heterocycles. The van der Waals surface area contributed by atoms with Crippen LogP contribution in [-0.4, -0.2) is 18.1 Å². The largest absolute Gasteiger partial charge is 0.317 e. The molecule has 0 saturated heterocycles. The SMILES string of the molecule is CCNCCCc1cccc2cnccc12. The van der Waals surface area contributed by atoms with Gasteiger partial charge in [-0.1, -0.05) is 25.1 Å². The van der Waals surface area contributed by atoms with Gasteiger partial charge in [-0.15, -0.1) is 0 Å². The Morgan fingerprint density at radius 3 is 3.06 bits per heavy atom. The van der Waals surface area contributed by atoms with Gasteiger partial charge in [0.25, 0.3) is 0 Å². The minimum atomic E-state index is 1.06. The Hall–Kier alpha value is -1.41. The third kappa shape index (κ3) is 2.58. The first-order valence-corrected chi connectivity index (χ1v) is 5.94. The lowest BCUT2D eigenvalue weighted by Crippen LogP contribution is -2.14. The molecule has 0 saturated carbocycles. The van der Waals surface area contributed by atoms with Gasteiger partial charge >= 0.3 is 0 Å². The molecule has 1 N–H and O–H groups in total. The van der Waals surface area contributed by atoms with Crippen LogP contribution < -0.4 is 5.32 Å². The summed E-state index contributed by atoms with van der Waals surface area (Å²) in [5.74, 6) is 0.